The summed E-state index contributed by atoms with van der Waals surface area (Å²) in [7, 11) is 0. The van der Waals surface area contributed by atoms with Crippen LogP contribution in [0.15, 0.2) is 18.3 Å². The van der Waals surface area contributed by atoms with Gasteiger partial charge >= 0.3 is 0 Å². The van der Waals surface area contributed by atoms with Crippen LogP contribution < -0.4 is 0 Å². The van der Waals surface area contributed by atoms with Crippen molar-refractivity contribution >= 4 is 5.52 Å². The molecule has 0 unspecified atom stereocenters. The van der Waals surface area contributed by atoms with Crippen molar-refractivity contribution < 1.29 is 0 Å². The molecule has 0 saturated carbocycles. The van der Waals surface area contributed by atoms with Gasteiger partial charge in [-0.25, -0.2) is 4.52 Å². The number of aromatic nitrogens is 2. The van der Waals surface area contributed by atoms with Crippen molar-refractivity contribution in [3.05, 3.63) is 35.2 Å². The maximum absolute atomic E-state index is 9.02. The van der Waals surface area contributed by atoms with Crippen LogP contribution in [0.5, 0.6) is 0 Å². The lowest BCUT2D eigenvalue weighted by Crippen LogP contribution is -1.87. The van der Waals surface area contributed by atoms with E-state index < -0.39 is 0 Å². The summed E-state index contributed by atoms with van der Waals surface area (Å²) < 4.78 is 1.77. The number of nitriles is 1. The molecule has 14 heavy (non-hydrogen) atoms. The Morgan fingerprint density at radius 2 is 2.36 bits per heavy atom. The van der Waals surface area contributed by atoms with Crippen LogP contribution in [0.1, 0.15) is 23.7 Å². The predicted octanol–water partition coefficient (Wildman–Crippen LogP) is 2.08. The molecule has 3 heteroatoms. The molecule has 0 amide bonds. The first kappa shape index (κ1) is 8.76. The van der Waals surface area contributed by atoms with E-state index in [2.05, 4.69) is 11.2 Å². The van der Waals surface area contributed by atoms with Gasteiger partial charge in [-0.3, -0.25) is 0 Å². The third-order valence-electron chi connectivity index (χ3n) is 2.31. The highest BCUT2D eigenvalue weighted by Crippen LogP contribution is 2.16. The summed E-state index contributed by atoms with van der Waals surface area (Å²) >= 11 is 0. The lowest BCUT2D eigenvalue weighted by molar-refractivity contribution is 0.895. The predicted molar refractivity (Wildman–Crippen MR) is 54.0 cm³/mol. The van der Waals surface area contributed by atoms with Crippen molar-refractivity contribution in [3.8, 4) is 6.07 Å². The largest absolute Gasteiger partial charge is 0.239 e. The van der Waals surface area contributed by atoms with Crippen LogP contribution in [0, 0.1) is 18.3 Å². The first-order valence-electron chi connectivity index (χ1n) is 4.64. The molecule has 2 aromatic rings. The molecule has 2 aromatic heterocycles. The first-order valence-corrected chi connectivity index (χ1v) is 4.64. The van der Waals surface area contributed by atoms with Gasteiger partial charge in [0.2, 0.25) is 0 Å². The number of hydrogen-bond acceptors (Lipinski definition) is 2. The zero-order valence-electron chi connectivity index (χ0n) is 8.28. The summed E-state index contributed by atoms with van der Waals surface area (Å²) in [4.78, 5) is 0. The minimum atomic E-state index is 0.705. The van der Waals surface area contributed by atoms with Crippen LogP contribution in [0.4, 0.5) is 0 Å². The van der Waals surface area contributed by atoms with E-state index in [-0.39, 0.29) is 0 Å². The van der Waals surface area contributed by atoms with Gasteiger partial charge in [0, 0.05) is 6.20 Å². The Bertz CT molecular complexity index is 517. The van der Waals surface area contributed by atoms with E-state index in [0.717, 1.165) is 23.2 Å². The molecule has 0 spiro atoms. The van der Waals surface area contributed by atoms with Gasteiger partial charge in [0.1, 0.15) is 11.6 Å². The average molecular weight is 185 g/mol. The number of pyridine rings is 1. The number of rotatable bonds is 1. The highest BCUT2D eigenvalue weighted by atomic mass is 15.2. The second-order valence-electron chi connectivity index (χ2n) is 3.32. The molecular formula is C11H11N3. The smallest absolute Gasteiger partial charge is 0.103 e. The molecule has 0 aliphatic rings. The third-order valence-corrected chi connectivity index (χ3v) is 2.31. The Labute approximate surface area is 82.6 Å². The van der Waals surface area contributed by atoms with Gasteiger partial charge < -0.3 is 0 Å². The second kappa shape index (κ2) is 3.15. The van der Waals surface area contributed by atoms with Crippen molar-refractivity contribution in [1.29, 1.82) is 5.26 Å². The molecule has 0 aromatic carbocycles. The molecule has 0 N–H and O–H groups in total. The summed E-state index contributed by atoms with van der Waals surface area (Å²) in [6.07, 6.45) is 2.69. The van der Waals surface area contributed by atoms with Crippen LogP contribution >= 0.6 is 0 Å². The van der Waals surface area contributed by atoms with Crippen molar-refractivity contribution in [1.82, 2.24) is 9.61 Å². The highest BCUT2D eigenvalue weighted by Gasteiger charge is 2.09. The minimum Gasteiger partial charge on any atom is -0.239 e. The van der Waals surface area contributed by atoms with Crippen molar-refractivity contribution in [2.75, 3.05) is 0 Å². The van der Waals surface area contributed by atoms with Gasteiger partial charge in [0.05, 0.1) is 11.2 Å². The lowest BCUT2D eigenvalue weighted by atomic mass is 10.1. The van der Waals surface area contributed by atoms with Crippen molar-refractivity contribution in [2.45, 2.75) is 20.3 Å². The molecule has 2 heterocycles. The fourth-order valence-corrected chi connectivity index (χ4v) is 1.57. The Morgan fingerprint density at radius 3 is 3.00 bits per heavy atom. The molecule has 0 saturated heterocycles. The molecule has 70 valence electrons. The maximum atomic E-state index is 9.02. The first-order chi connectivity index (χ1) is 6.76. The minimum absolute atomic E-state index is 0.705. The fourth-order valence-electron chi connectivity index (χ4n) is 1.57. The molecule has 0 radical (unpaired) electrons. The van der Waals surface area contributed by atoms with Crippen LogP contribution in [0.3, 0.4) is 0 Å². The van der Waals surface area contributed by atoms with E-state index in [1.165, 1.54) is 0 Å². The van der Waals surface area contributed by atoms with Gasteiger partial charge in [0.15, 0.2) is 0 Å². The van der Waals surface area contributed by atoms with E-state index in [0.29, 0.717) is 5.56 Å². The van der Waals surface area contributed by atoms with Gasteiger partial charge in [-0.05, 0) is 31.0 Å². The standard InChI is InChI=1S/C11H11N3/c1-3-10-9(7-12)11-6-8(2)4-5-14(11)13-10/h4-6H,3H2,1-2H3. The Balaban J connectivity index is 2.83. The molecule has 0 aliphatic carbocycles. The number of nitrogens with zero attached hydrogens (tertiary/aromatic N) is 3. The van der Waals surface area contributed by atoms with Crippen LogP contribution in [-0.4, -0.2) is 9.61 Å². The summed E-state index contributed by atoms with van der Waals surface area (Å²) in [5.41, 5.74) is 3.63. The summed E-state index contributed by atoms with van der Waals surface area (Å²) in [5, 5.41) is 13.4. The topological polar surface area (TPSA) is 41.1 Å². The summed E-state index contributed by atoms with van der Waals surface area (Å²) in [6.45, 7) is 4.02. The Morgan fingerprint density at radius 1 is 1.57 bits per heavy atom. The molecule has 0 bridgehead atoms. The second-order valence-corrected chi connectivity index (χ2v) is 3.32. The number of fused-ring (bicyclic) bond motifs is 1. The number of aryl methyl sites for hydroxylation is 2. The van der Waals surface area contributed by atoms with E-state index in [4.69, 9.17) is 5.26 Å². The van der Waals surface area contributed by atoms with Gasteiger partial charge in [0.25, 0.3) is 0 Å². The molecule has 2 rings (SSSR count). The van der Waals surface area contributed by atoms with E-state index >= 15 is 0 Å². The van der Waals surface area contributed by atoms with Gasteiger partial charge in [-0.15, -0.1) is 0 Å². The van der Waals surface area contributed by atoms with Crippen LogP contribution in [0.2, 0.25) is 0 Å². The fraction of sp³-hybridized carbons (Fsp3) is 0.273. The Hall–Kier alpha value is -1.82. The monoisotopic (exact) mass is 185 g/mol. The van der Waals surface area contributed by atoms with Crippen LogP contribution in [0.25, 0.3) is 5.52 Å². The molecular weight excluding hydrogens is 174 g/mol. The SMILES string of the molecule is CCc1nn2ccc(C)cc2c1C#N. The maximum Gasteiger partial charge on any atom is 0.103 e. The third kappa shape index (κ3) is 1.16. The van der Waals surface area contributed by atoms with Crippen LogP contribution in [-0.2, 0) is 6.42 Å². The van der Waals surface area contributed by atoms with E-state index in [1.807, 2.05) is 32.2 Å². The molecule has 0 fully saturated rings. The average Bonchev–Trinajstić information content (AvgIpc) is 2.54. The quantitative estimate of drug-likeness (QED) is 0.682. The van der Waals surface area contributed by atoms with Crippen molar-refractivity contribution in [2.24, 2.45) is 0 Å². The van der Waals surface area contributed by atoms with Gasteiger partial charge in [-0.2, -0.15) is 10.4 Å². The zero-order chi connectivity index (χ0) is 10.1. The Kier molecular flexibility index (Phi) is 1.97. The molecule has 0 atom stereocenters. The van der Waals surface area contributed by atoms with E-state index in [9.17, 15) is 0 Å². The molecule has 3 nitrogen and oxygen atoms in total. The van der Waals surface area contributed by atoms with Gasteiger partial charge in [-0.1, -0.05) is 6.92 Å². The molecule has 0 aliphatic heterocycles. The summed E-state index contributed by atoms with van der Waals surface area (Å²) in [5.74, 6) is 0. The van der Waals surface area contributed by atoms with E-state index in [1.54, 1.807) is 4.52 Å². The summed E-state index contributed by atoms with van der Waals surface area (Å²) in [6, 6.07) is 6.19. The number of hydrogen-bond donors (Lipinski definition) is 0. The zero-order valence-corrected chi connectivity index (χ0v) is 8.28. The van der Waals surface area contributed by atoms with Crippen molar-refractivity contribution in [3.63, 3.8) is 0 Å². The normalized spacial score (nSPS) is 10.4. The highest BCUT2D eigenvalue weighted by molar-refractivity contribution is 5.63. The lowest BCUT2D eigenvalue weighted by Gasteiger charge is -1.93.